The normalized spacial score (nSPS) is 19.4. The van der Waals surface area contributed by atoms with Gasteiger partial charge in [0.15, 0.2) is 5.82 Å². The van der Waals surface area contributed by atoms with Crippen molar-refractivity contribution < 1.29 is 35.8 Å². The van der Waals surface area contributed by atoms with Gasteiger partial charge in [0.1, 0.15) is 64.4 Å². The summed E-state index contributed by atoms with van der Waals surface area (Å²) in [6, 6.07) is 3.65. The summed E-state index contributed by atoms with van der Waals surface area (Å²) in [7, 11) is 0. The zero-order valence-corrected chi connectivity index (χ0v) is 28.9. The fourth-order valence-corrected chi connectivity index (χ4v) is 9.00. The third kappa shape index (κ3) is 5.45. The first-order valence-corrected chi connectivity index (χ1v) is 17.4. The van der Waals surface area contributed by atoms with Gasteiger partial charge in [-0.3, -0.25) is 4.90 Å². The molecule has 0 unspecified atom stereocenters. The van der Waals surface area contributed by atoms with Gasteiger partial charge in [-0.15, -0.1) is 11.3 Å². The number of hydrogen-bond donors (Lipinski definition) is 2. The highest BCUT2D eigenvalue weighted by atomic mass is 32.1. The lowest BCUT2D eigenvalue weighted by Gasteiger charge is -2.32. The lowest BCUT2D eigenvalue weighted by Crippen LogP contribution is -2.43. The number of fused-ring (bicyclic) bond motifs is 2. The van der Waals surface area contributed by atoms with E-state index in [1.165, 1.54) is 4.90 Å². The molecule has 2 atom stereocenters. The maximum atomic E-state index is 17.4. The van der Waals surface area contributed by atoms with Gasteiger partial charge in [0.05, 0.1) is 40.0 Å². The van der Waals surface area contributed by atoms with E-state index in [-0.39, 0.29) is 63.6 Å². The predicted molar refractivity (Wildman–Crippen MR) is 187 cm³/mol. The molecule has 0 amide bonds. The number of nitrogens with two attached hydrogens (primary N) is 2. The van der Waals surface area contributed by atoms with Gasteiger partial charge in [-0.25, -0.2) is 18.2 Å². The van der Waals surface area contributed by atoms with Gasteiger partial charge in [0, 0.05) is 23.1 Å². The molecule has 8 rings (SSSR count). The smallest absolute Gasteiger partial charge is 0.420 e. The molecule has 53 heavy (non-hydrogen) atoms. The van der Waals surface area contributed by atoms with Crippen LogP contribution < -0.4 is 25.8 Å². The molecule has 2 fully saturated rings. The van der Waals surface area contributed by atoms with Crippen molar-refractivity contribution in [3.05, 3.63) is 70.7 Å². The van der Waals surface area contributed by atoms with Gasteiger partial charge in [-0.1, -0.05) is 18.2 Å². The summed E-state index contributed by atoms with van der Waals surface area (Å²) in [5.74, 6) is -3.98. The van der Waals surface area contributed by atoms with Crippen LogP contribution >= 0.6 is 11.3 Å². The number of thiophene rings is 1. The number of benzene rings is 2. The third-order valence-electron chi connectivity index (χ3n) is 10.4. The van der Waals surface area contributed by atoms with Crippen molar-refractivity contribution in [2.24, 2.45) is 0 Å². The quantitative estimate of drug-likeness (QED) is 0.132. The van der Waals surface area contributed by atoms with E-state index in [2.05, 4.69) is 26.4 Å². The van der Waals surface area contributed by atoms with Crippen molar-refractivity contribution in [3.63, 3.8) is 0 Å². The first kappa shape index (κ1) is 34.7. The van der Waals surface area contributed by atoms with E-state index in [1.807, 2.05) is 6.07 Å². The number of aromatic nitrogens is 3. The maximum Gasteiger partial charge on any atom is 0.420 e. The number of nitrogens with zero attached hydrogens (tertiary/aromatic N) is 6. The van der Waals surface area contributed by atoms with Crippen LogP contribution in [0.1, 0.15) is 48.9 Å². The minimum atomic E-state index is -5.26. The van der Waals surface area contributed by atoms with E-state index in [4.69, 9.17) is 20.9 Å². The lowest BCUT2D eigenvalue weighted by molar-refractivity contribution is -0.138. The Morgan fingerprint density at radius 3 is 2.72 bits per heavy atom. The van der Waals surface area contributed by atoms with Crippen LogP contribution in [0.4, 0.5) is 43.0 Å². The average molecular weight is 753 g/mol. The Labute approximate surface area is 302 Å². The average Bonchev–Trinajstić information content (AvgIpc) is 3.71. The van der Waals surface area contributed by atoms with E-state index in [0.29, 0.717) is 24.3 Å². The zero-order valence-electron chi connectivity index (χ0n) is 28.1. The Morgan fingerprint density at radius 1 is 1.17 bits per heavy atom. The molecule has 0 aliphatic carbocycles. The molecule has 2 aromatic carbocycles. The van der Waals surface area contributed by atoms with Gasteiger partial charge >= 0.3 is 12.2 Å². The number of hydrogen-bond acceptors (Lipinski definition) is 11. The van der Waals surface area contributed by atoms with Crippen LogP contribution in [0.15, 0.2) is 36.5 Å². The van der Waals surface area contributed by atoms with E-state index >= 15 is 22.0 Å². The van der Waals surface area contributed by atoms with E-state index in [0.717, 1.165) is 49.4 Å². The summed E-state index contributed by atoms with van der Waals surface area (Å²) in [5.41, 5.74) is 9.10. The van der Waals surface area contributed by atoms with Crippen LogP contribution in [0.25, 0.3) is 32.1 Å². The number of rotatable bonds is 6. The molecular formula is C36H30F6N8O2S. The minimum absolute atomic E-state index is 0.0332. The number of ether oxygens (including phenoxy) is 2. The molecule has 274 valence electrons. The van der Waals surface area contributed by atoms with Crippen molar-refractivity contribution in [2.45, 2.75) is 43.9 Å². The molecule has 0 spiro atoms. The van der Waals surface area contributed by atoms with Crippen molar-refractivity contribution in [1.29, 1.82) is 5.26 Å². The number of nitriles is 1. The maximum absolute atomic E-state index is 17.4. The molecule has 3 aromatic heterocycles. The molecule has 6 heterocycles. The fraction of sp³-hybridized carbons (Fsp3) is 0.333. The Bertz CT molecular complexity index is 2410. The molecule has 4 N–H and O–H groups in total. The molecule has 5 aromatic rings. The summed E-state index contributed by atoms with van der Waals surface area (Å²) < 4.78 is 105. The number of alkyl halides is 3. The van der Waals surface area contributed by atoms with Gasteiger partial charge < -0.3 is 25.8 Å². The molecule has 0 radical (unpaired) electrons. The first-order valence-electron chi connectivity index (χ1n) is 16.6. The third-order valence-corrected chi connectivity index (χ3v) is 11.4. The summed E-state index contributed by atoms with van der Waals surface area (Å²) >= 11 is 0.661. The highest BCUT2D eigenvalue weighted by molar-refractivity contribution is 7.23. The standard InChI is InChI=1S/C36H30F6N8O2S/c1-16-11-35(6-3-7-49(35)14-16)15-52-34-47-28-25-29(51-9-8-50(33(25)48-34)17(2)20-10-18(37)13-46-31(20)44)26(36(40,41)42)24(27(28)39)19-4-5-22(38)30-23(19)21(12-43)32(45)53-30/h4-5,10,13,17H,1,3,6-9,11,14-15,45H2,2H3,(H2,44,46)/t17-,35+/m1/s1. The van der Waals surface area contributed by atoms with Crippen LogP contribution in [0.2, 0.25) is 0 Å². The molecule has 2 saturated heterocycles. The van der Waals surface area contributed by atoms with Crippen molar-refractivity contribution >= 4 is 49.0 Å². The second-order valence-electron chi connectivity index (χ2n) is 13.5. The molecule has 10 nitrogen and oxygen atoms in total. The molecule has 3 aliphatic rings. The second kappa shape index (κ2) is 12.4. The SMILES string of the molecule is C=C1CN2CCC[C@@]2(COc2nc3c4c(c(C(F)(F)F)c(-c5ccc(F)c6sc(N)c(C#N)c56)c(F)c4n2)OCCN3[C@H](C)c2cc(F)cnc2N)C1. The number of pyridine rings is 1. The van der Waals surface area contributed by atoms with Crippen LogP contribution in [-0.2, 0) is 6.18 Å². The monoisotopic (exact) mass is 752 g/mol. The van der Waals surface area contributed by atoms with Crippen molar-refractivity contribution in [3.8, 4) is 29.0 Å². The van der Waals surface area contributed by atoms with Gasteiger partial charge in [0.25, 0.3) is 0 Å². The zero-order chi connectivity index (χ0) is 37.6. The molecule has 0 bridgehead atoms. The summed E-state index contributed by atoms with van der Waals surface area (Å²) in [5, 5.41) is 9.07. The number of nitrogen functional groups attached to an aromatic ring is 2. The Kier molecular flexibility index (Phi) is 8.11. The van der Waals surface area contributed by atoms with Gasteiger partial charge in [0.2, 0.25) is 0 Å². The predicted octanol–water partition coefficient (Wildman–Crippen LogP) is 7.51. The first-order chi connectivity index (χ1) is 25.2. The number of halogens is 6. The Morgan fingerprint density at radius 2 is 1.96 bits per heavy atom. The van der Waals surface area contributed by atoms with Crippen molar-refractivity contribution in [2.75, 3.05) is 49.2 Å². The molecule has 17 heteroatoms. The summed E-state index contributed by atoms with van der Waals surface area (Å²) in [4.78, 5) is 16.6. The highest BCUT2D eigenvalue weighted by Crippen LogP contribution is 2.54. The highest BCUT2D eigenvalue weighted by Gasteiger charge is 2.47. The summed E-state index contributed by atoms with van der Waals surface area (Å²) in [6.07, 6.45) is -1.97. The van der Waals surface area contributed by atoms with Crippen LogP contribution in [0.3, 0.4) is 0 Å². The summed E-state index contributed by atoms with van der Waals surface area (Å²) in [6.45, 7) is 6.89. The van der Waals surface area contributed by atoms with E-state index in [9.17, 15) is 9.65 Å². The molecule has 0 saturated carbocycles. The van der Waals surface area contributed by atoms with Gasteiger partial charge in [-0.05, 0) is 50.4 Å². The fourth-order valence-electron chi connectivity index (χ4n) is 8.06. The van der Waals surface area contributed by atoms with E-state index < -0.39 is 68.6 Å². The van der Waals surface area contributed by atoms with E-state index in [1.54, 1.807) is 6.92 Å². The topological polar surface area (TPSA) is 139 Å². The Hall–Kier alpha value is -5.34. The molecule has 3 aliphatic heterocycles. The minimum Gasteiger partial charge on any atom is -0.490 e. The largest absolute Gasteiger partial charge is 0.490 e. The lowest BCUT2D eigenvalue weighted by atomic mass is 9.91. The van der Waals surface area contributed by atoms with Crippen molar-refractivity contribution in [1.82, 2.24) is 19.9 Å². The van der Waals surface area contributed by atoms with Crippen LogP contribution in [0.5, 0.6) is 11.8 Å². The van der Waals surface area contributed by atoms with Gasteiger partial charge in [-0.2, -0.15) is 28.4 Å². The number of anilines is 3. The Balaban J connectivity index is 1.42. The second-order valence-corrected chi connectivity index (χ2v) is 14.6. The van der Waals surface area contributed by atoms with Crippen LogP contribution in [-0.4, -0.2) is 58.2 Å². The molecular weight excluding hydrogens is 723 g/mol. The van der Waals surface area contributed by atoms with Crippen LogP contribution in [0, 0.1) is 28.8 Å².